The van der Waals surface area contributed by atoms with Crippen LogP contribution in [0.25, 0.3) is 0 Å². The minimum atomic E-state index is -1.66. The maximum absolute atomic E-state index is 13.6. The molecule has 1 aromatic carbocycles. The van der Waals surface area contributed by atoms with Crippen molar-refractivity contribution in [1.82, 2.24) is 15.0 Å². The molecule has 26 heavy (non-hydrogen) atoms. The van der Waals surface area contributed by atoms with E-state index in [2.05, 4.69) is 25.6 Å². The SMILES string of the molecule is O=C(Nc1ccc(F)c(F)c1F)c1cc(NCc2ccccn2)ncn1. The normalized spacial score (nSPS) is 10.4. The van der Waals surface area contributed by atoms with Crippen LogP contribution < -0.4 is 10.6 Å². The number of nitrogens with one attached hydrogen (secondary N) is 2. The van der Waals surface area contributed by atoms with Crippen molar-refractivity contribution in [3.63, 3.8) is 0 Å². The van der Waals surface area contributed by atoms with Gasteiger partial charge in [-0.05, 0) is 24.3 Å². The fourth-order valence-corrected chi connectivity index (χ4v) is 2.07. The van der Waals surface area contributed by atoms with Gasteiger partial charge in [0.25, 0.3) is 5.91 Å². The van der Waals surface area contributed by atoms with E-state index in [1.165, 1.54) is 6.07 Å². The Morgan fingerprint density at radius 1 is 1.00 bits per heavy atom. The van der Waals surface area contributed by atoms with E-state index < -0.39 is 29.0 Å². The molecular formula is C17H12F3N5O. The van der Waals surface area contributed by atoms with Crippen LogP contribution >= 0.6 is 0 Å². The van der Waals surface area contributed by atoms with Crippen molar-refractivity contribution in [3.8, 4) is 0 Å². The van der Waals surface area contributed by atoms with Gasteiger partial charge in [0.15, 0.2) is 17.5 Å². The van der Waals surface area contributed by atoms with E-state index >= 15 is 0 Å². The fourth-order valence-electron chi connectivity index (χ4n) is 2.07. The van der Waals surface area contributed by atoms with E-state index in [1.807, 2.05) is 12.1 Å². The molecule has 0 aliphatic heterocycles. The van der Waals surface area contributed by atoms with Gasteiger partial charge in [0.1, 0.15) is 17.8 Å². The van der Waals surface area contributed by atoms with Crippen LogP contribution in [0.4, 0.5) is 24.7 Å². The standard InChI is InChI=1S/C17H12F3N5O/c18-11-4-5-12(16(20)15(11)19)25-17(26)13-7-14(24-9-23-13)22-8-10-3-1-2-6-21-10/h1-7,9H,8H2,(H,25,26)(H,22,23,24). The zero-order valence-electron chi connectivity index (χ0n) is 13.2. The number of hydrogen-bond acceptors (Lipinski definition) is 5. The van der Waals surface area contributed by atoms with Crippen LogP contribution in [0.15, 0.2) is 48.9 Å². The summed E-state index contributed by atoms with van der Waals surface area (Å²) in [5, 5.41) is 5.12. The second-order valence-corrected chi connectivity index (χ2v) is 5.14. The second-order valence-electron chi connectivity index (χ2n) is 5.14. The van der Waals surface area contributed by atoms with Crippen LogP contribution in [0.5, 0.6) is 0 Å². The Labute approximate surface area is 146 Å². The first-order valence-corrected chi connectivity index (χ1v) is 7.45. The lowest BCUT2D eigenvalue weighted by Crippen LogP contribution is -2.16. The molecule has 0 fully saturated rings. The third-order valence-electron chi connectivity index (χ3n) is 3.36. The lowest BCUT2D eigenvalue weighted by molar-refractivity contribution is 0.102. The predicted molar refractivity (Wildman–Crippen MR) is 87.9 cm³/mol. The quantitative estimate of drug-likeness (QED) is 0.684. The number of aromatic nitrogens is 3. The summed E-state index contributed by atoms with van der Waals surface area (Å²) >= 11 is 0. The maximum atomic E-state index is 13.6. The highest BCUT2D eigenvalue weighted by atomic mass is 19.2. The van der Waals surface area contributed by atoms with Gasteiger partial charge in [-0.25, -0.2) is 23.1 Å². The molecule has 0 bridgehead atoms. The minimum absolute atomic E-state index is 0.0762. The summed E-state index contributed by atoms with van der Waals surface area (Å²) in [5.41, 5.74) is 0.198. The largest absolute Gasteiger partial charge is 0.364 e. The molecule has 9 heteroatoms. The highest BCUT2D eigenvalue weighted by Gasteiger charge is 2.17. The van der Waals surface area contributed by atoms with E-state index in [-0.39, 0.29) is 5.69 Å². The van der Waals surface area contributed by atoms with Crippen molar-refractivity contribution in [3.05, 3.63) is 77.8 Å². The van der Waals surface area contributed by atoms with Crippen LogP contribution in [-0.2, 0) is 6.54 Å². The van der Waals surface area contributed by atoms with Gasteiger partial charge in [0.2, 0.25) is 0 Å². The van der Waals surface area contributed by atoms with E-state index in [9.17, 15) is 18.0 Å². The van der Waals surface area contributed by atoms with Crippen LogP contribution in [0.3, 0.4) is 0 Å². The minimum Gasteiger partial charge on any atom is -0.364 e. The maximum Gasteiger partial charge on any atom is 0.274 e. The van der Waals surface area contributed by atoms with Crippen molar-refractivity contribution >= 4 is 17.4 Å². The first-order chi connectivity index (χ1) is 12.5. The number of rotatable bonds is 5. The molecule has 6 nitrogen and oxygen atoms in total. The zero-order chi connectivity index (χ0) is 18.5. The molecule has 2 aromatic heterocycles. The molecule has 1 amide bonds. The summed E-state index contributed by atoms with van der Waals surface area (Å²) in [6, 6.07) is 8.41. The number of carbonyl (C=O) groups is 1. The Morgan fingerprint density at radius 3 is 2.62 bits per heavy atom. The van der Waals surface area contributed by atoms with Crippen molar-refractivity contribution in [2.45, 2.75) is 6.54 Å². The lowest BCUT2D eigenvalue weighted by Gasteiger charge is -2.08. The molecule has 3 rings (SSSR count). The number of amides is 1. The Bertz CT molecular complexity index is 937. The van der Waals surface area contributed by atoms with Crippen molar-refractivity contribution in [1.29, 1.82) is 0 Å². The number of halogens is 3. The van der Waals surface area contributed by atoms with Gasteiger partial charge >= 0.3 is 0 Å². The summed E-state index contributed by atoms with van der Waals surface area (Å²) in [4.78, 5) is 24.1. The first kappa shape index (κ1) is 17.3. The van der Waals surface area contributed by atoms with Crippen LogP contribution in [-0.4, -0.2) is 20.9 Å². The summed E-state index contributed by atoms with van der Waals surface area (Å²) in [6.45, 7) is 0.372. The third-order valence-corrected chi connectivity index (χ3v) is 3.36. The molecule has 0 atom stereocenters. The zero-order valence-corrected chi connectivity index (χ0v) is 13.2. The highest BCUT2D eigenvalue weighted by Crippen LogP contribution is 2.20. The van der Waals surface area contributed by atoms with Gasteiger partial charge in [-0.3, -0.25) is 9.78 Å². The van der Waals surface area contributed by atoms with Gasteiger partial charge in [-0.15, -0.1) is 0 Å². The number of pyridine rings is 1. The molecule has 0 unspecified atom stereocenters. The lowest BCUT2D eigenvalue weighted by atomic mass is 10.2. The third kappa shape index (κ3) is 3.94. The summed E-state index contributed by atoms with van der Waals surface area (Å²) in [7, 11) is 0. The smallest absolute Gasteiger partial charge is 0.274 e. The van der Waals surface area contributed by atoms with Gasteiger partial charge in [-0.1, -0.05) is 6.07 Å². The molecule has 2 N–H and O–H groups in total. The second kappa shape index (κ2) is 7.60. The average Bonchev–Trinajstić information content (AvgIpc) is 2.68. The molecule has 0 aliphatic rings. The van der Waals surface area contributed by atoms with E-state index in [1.54, 1.807) is 12.3 Å². The summed E-state index contributed by atoms with van der Waals surface area (Å²) in [5.74, 6) is -4.94. The molecule has 0 saturated carbocycles. The molecule has 132 valence electrons. The van der Waals surface area contributed by atoms with Gasteiger partial charge < -0.3 is 10.6 Å². The fraction of sp³-hybridized carbons (Fsp3) is 0.0588. The van der Waals surface area contributed by atoms with Crippen molar-refractivity contribution < 1.29 is 18.0 Å². The molecular weight excluding hydrogens is 347 g/mol. The Morgan fingerprint density at radius 2 is 1.85 bits per heavy atom. The van der Waals surface area contributed by atoms with E-state index in [0.29, 0.717) is 18.4 Å². The predicted octanol–water partition coefficient (Wildman–Crippen LogP) is 3.15. The Balaban J connectivity index is 1.71. The monoisotopic (exact) mass is 359 g/mol. The Kier molecular flexibility index (Phi) is 5.07. The molecule has 2 heterocycles. The van der Waals surface area contributed by atoms with Crippen LogP contribution in [0, 0.1) is 17.5 Å². The van der Waals surface area contributed by atoms with Gasteiger partial charge in [0, 0.05) is 12.3 Å². The number of carbonyl (C=O) groups excluding carboxylic acids is 1. The molecule has 3 aromatic rings. The van der Waals surface area contributed by atoms with E-state index in [4.69, 9.17) is 0 Å². The molecule has 0 aliphatic carbocycles. The number of nitrogens with zero attached hydrogens (tertiary/aromatic N) is 3. The number of anilines is 2. The summed E-state index contributed by atoms with van der Waals surface area (Å²) < 4.78 is 39.8. The molecule has 0 spiro atoms. The van der Waals surface area contributed by atoms with Crippen LogP contribution in [0.1, 0.15) is 16.2 Å². The number of hydrogen-bond donors (Lipinski definition) is 2. The summed E-state index contributed by atoms with van der Waals surface area (Å²) in [6.07, 6.45) is 2.80. The van der Waals surface area contributed by atoms with Crippen LogP contribution in [0.2, 0.25) is 0 Å². The Hall–Kier alpha value is -3.49. The first-order valence-electron chi connectivity index (χ1n) is 7.45. The van der Waals surface area contributed by atoms with Crippen molar-refractivity contribution in [2.24, 2.45) is 0 Å². The number of benzene rings is 1. The van der Waals surface area contributed by atoms with E-state index in [0.717, 1.165) is 18.1 Å². The highest BCUT2D eigenvalue weighted by molar-refractivity contribution is 6.03. The molecule has 0 saturated heterocycles. The average molecular weight is 359 g/mol. The molecule has 0 radical (unpaired) electrons. The van der Waals surface area contributed by atoms with Crippen molar-refractivity contribution in [2.75, 3.05) is 10.6 Å². The topological polar surface area (TPSA) is 79.8 Å². The van der Waals surface area contributed by atoms with Gasteiger partial charge in [0.05, 0.1) is 17.9 Å². The van der Waals surface area contributed by atoms with Gasteiger partial charge in [-0.2, -0.15) is 0 Å².